The molecule has 2 N–H and O–H groups in total. The van der Waals surface area contributed by atoms with E-state index in [1.807, 2.05) is 12.1 Å². The quantitative estimate of drug-likeness (QED) is 0.834. The van der Waals surface area contributed by atoms with Crippen LogP contribution in [0.2, 0.25) is 5.02 Å². The number of carbonyl (C=O) groups excluding carboxylic acids is 2. The molecule has 19 heavy (non-hydrogen) atoms. The number of piperidine rings is 1. The van der Waals surface area contributed by atoms with Crippen LogP contribution in [0.5, 0.6) is 0 Å². The lowest BCUT2D eigenvalue weighted by atomic mass is 10.1. The minimum absolute atomic E-state index is 0.0870. The first kappa shape index (κ1) is 14.2. The number of hydrogen-bond acceptors (Lipinski definition) is 3. The van der Waals surface area contributed by atoms with Gasteiger partial charge in [-0.15, -0.1) is 11.8 Å². The predicted octanol–water partition coefficient (Wildman–Crippen LogP) is 1.83. The van der Waals surface area contributed by atoms with E-state index >= 15 is 0 Å². The highest BCUT2D eigenvalue weighted by Crippen LogP contribution is 2.20. The number of carbonyl (C=O) groups is 2. The lowest BCUT2D eigenvalue weighted by Gasteiger charge is -2.22. The van der Waals surface area contributed by atoms with Crippen molar-refractivity contribution in [2.75, 3.05) is 12.3 Å². The molecule has 0 bridgehead atoms. The Morgan fingerprint density at radius 1 is 1.42 bits per heavy atom. The van der Waals surface area contributed by atoms with Crippen molar-refractivity contribution >= 4 is 35.2 Å². The second-order valence-electron chi connectivity index (χ2n) is 4.30. The van der Waals surface area contributed by atoms with Gasteiger partial charge in [0.05, 0.1) is 5.75 Å². The summed E-state index contributed by atoms with van der Waals surface area (Å²) in [6, 6.07) is 6.93. The van der Waals surface area contributed by atoms with Crippen molar-refractivity contribution in [3.05, 3.63) is 29.3 Å². The zero-order valence-corrected chi connectivity index (χ0v) is 11.9. The Balaban J connectivity index is 1.78. The number of thioether (sulfide) groups is 1. The molecule has 1 atom stereocenters. The monoisotopic (exact) mass is 298 g/mol. The second-order valence-corrected chi connectivity index (χ2v) is 5.78. The van der Waals surface area contributed by atoms with Crippen LogP contribution in [0.1, 0.15) is 12.8 Å². The van der Waals surface area contributed by atoms with E-state index in [1.165, 1.54) is 11.8 Å². The van der Waals surface area contributed by atoms with Gasteiger partial charge in [-0.25, -0.2) is 0 Å². The fraction of sp³-hybridized carbons (Fsp3) is 0.385. The van der Waals surface area contributed by atoms with Gasteiger partial charge in [-0.05, 0) is 37.1 Å². The van der Waals surface area contributed by atoms with Gasteiger partial charge >= 0.3 is 0 Å². The lowest BCUT2D eigenvalue weighted by molar-refractivity contribution is -0.129. The van der Waals surface area contributed by atoms with E-state index in [9.17, 15) is 9.59 Å². The van der Waals surface area contributed by atoms with Gasteiger partial charge in [0.25, 0.3) is 0 Å². The Bertz CT molecular complexity index is 464. The van der Waals surface area contributed by atoms with Crippen molar-refractivity contribution < 1.29 is 9.59 Å². The SMILES string of the molecule is O=C(CSc1ccc(Cl)cc1)N[C@@H]1CCCNC1=O. The van der Waals surface area contributed by atoms with Crippen molar-refractivity contribution in [1.82, 2.24) is 10.6 Å². The summed E-state index contributed by atoms with van der Waals surface area (Å²) in [5.74, 6) is 0.0869. The average molecular weight is 299 g/mol. The molecule has 1 aromatic carbocycles. The van der Waals surface area contributed by atoms with E-state index in [-0.39, 0.29) is 17.9 Å². The summed E-state index contributed by atoms with van der Waals surface area (Å²) in [5, 5.41) is 6.17. The Hall–Kier alpha value is -1.20. The van der Waals surface area contributed by atoms with Crippen LogP contribution in [-0.2, 0) is 9.59 Å². The Morgan fingerprint density at radius 3 is 2.84 bits per heavy atom. The third kappa shape index (κ3) is 4.44. The Morgan fingerprint density at radius 2 is 2.16 bits per heavy atom. The Kier molecular flexibility index (Phi) is 5.10. The maximum atomic E-state index is 11.8. The molecule has 1 heterocycles. The summed E-state index contributed by atoms with van der Waals surface area (Å²) in [6.07, 6.45) is 1.62. The minimum atomic E-state index is -0.382. The van der Waals surface area contributed by atoms with Gasteiger partial charge in [0, 0.05) is 16.5 Å². The van der Waals surface area contributed by atoms with Crippen LogP contribution >= 0.6 is 23.4 Å². The third-order valence-corrected chi connectivity index (χ3v) is 4.07. The highest BCUT2D eigenvalue weighted by atomic mass is 35.5. The van der Waals surface area contributed by atoms with Crippen LogP contribution in [0.15, 0.2) is 29.2 Å². The fourth-order valence-corrected chi connectivity index (χ4v) is 2.66. The molecule has 1 saturated heterocycles. The average Bonchev–Trinajstić information content (AvgIpc) is 2.41. The molecule has 0 radical (unpaired) electrons. The summed E-state index contributed by atoms with van der Waals surface area (Å²) < 4.78 is 0. The van der Waals surface area contributed by atoms with Gasteiger partial charge in [-0.3, -0.25) is 9.59 Å². The Labute approximate surface area is 121 Å². The van der Waals surface area contributed by atoms with Crippen LogP contribution in [0.4, 0.5) is 0 Å². The summed E-state index contributed by atoms with van der Waals surface area (Å²) in [6.45, 7) is 0.699. The maximum Gasteiger partial charge on any atom is 0.242 e. The van der Waals surface area contributed by atoms with Gasteiger partial charge < -0.3 is 10.6 Å². The summed E-state index contributed by atoms with van der Waals surface area (Å²) in [7, 11) is 0. The molecule has 2 amide bonds. The van der Waals surface area contributed by atoms with Crippen molar-refractivity contribution in [1.29, 1.82) is 0 Å². The molecule has 0 saturated carbocycles. The van der Waals surface area contributed by atoms with Crippen LogP contribution in [-0.4, -0.2) is 30.2 Å². The van der Waals surface area contributed by atoms with E-state index in [1.54, 1.807) is 12.1 Å². The number of rotatable bonds is 4. The highest BCUT2D eigenvalue weighted by Gasteiger charge is 2.23. The molecule has 0 aromatic heterocycles. The number of halogens is 1. The van der Waals surface area contributed by atoms with E-state index in [0.717, 1.165) is 11.3 Å². The molecular weight excluding hydrogens is 284 g/mol. The molecule has 1 aromatic rings. The number of nitrogens with one attached hydrogen (secondary N) is 2. The van der Waals surface area contributed by atoms with E-state index in [0.29, 0.717) is 23.7 Å². The maximum absolute atomic E-state index is 11.8. The first-order valence-electron chi connectivity index (χ1n) is 6.10. The van der Waals surface area contributed by atoms with Gasteiger partial charge in [0.2, 0.25) is 11.8 Å². The molecule has 4 nitrogen and oxygen atoms in total. The summed E-state index contributed by atoms with van der Waals surface area (Å²) in [4.78, 5) is 24.2. The number of amides is 2. The van der Waals surface area contributed by atoms with Gasteiger partial charge in [-0.2, -0.15) is 0 Å². The number of benzene rings is 1. The smallest absolute Gasteiger partial charge is 0.242 e. The van der Waals surface area contributed by atoms with Crippen LogP contribution < -0.4 is 10.6 Å². The van der Waals surface area contributed by atoms with E-state index < -0.39 is 0 Å². The third-order valence-electron chi connectivity index (χ3n) is 2.80. The van der Waals surface area contributed by atoms with Crippen molar-refractivity contribution in [2.45, 2.75) is 23.8 Å². The molecule has 1 aliphatic rings. The van der Waals surface area contributed by atoms with E-state index in [2.05, 4.69) is 10.6 Å². The lowest BCUT2D eigenvalue weighted by Crippen LogP contribution is -2.50. The molecule has 0 spiro atoms. The predicted molar refractivity (Wildman–Crippen MR) is 76.4 cm³/mol. The normalized spacial score (nSPS) is 18.8. The van der Waals surface area contributed by atoms with Gasteiger partial charge in [-0.1, -0.05) is 11.6 Å². The van der Waals surface area contributed by atoms with Crippen LogP contribution in [0, 0.1) is 0 Å². The molecule has 1 fully saturated rings. The molecular formula is C13H15ClN2O2S. The molecule has 102 valence electrons. The first-order valence-corrected chi connectivity index (χ1v) is 7.47. The zero-order valence-electron chi connectivity index (χ0n) is 10.3. The van der Waals surface area contributed by atoms with Gasteiger partial charge in [0.15, 0.2) is 0 Å². The summed E-state index contributed by atoms with van der Waals surface area (Å²) in [5.41, 5.74) is 0. The largest absolute Gasteiger partial charge is 0.354 e. The standard InChI is InChI=1S/C13H15ClN2O2S/c14-9-3-5-10(6-4-9)19-8-12(17)16-11-2-1-7-15-13(11)18/h3-6,11H,1-2,7-8H2,(H,15,18)(H,16,17)/t11-/m1/s1. The number of hydrogen-bond donors (Lipinski definition) is 2. The molecule has 0 unspecified atom stereocenters. The van der Waals surface area contributed by atoms with Crippen molar-refractivity contribution in [3.63, 3.8) is 0 Å². The van der Waals surface area contributed by atoms with Crippen LogP contribution in [0.25, 0.3) is 0 Å². The molecule has 0 aliphatic carbocycles. The zero-order chi connectivity index (χ0) is 13.7. The van der Waals surface area contributed by atoms with Crippen molar-refractivity contribution in [3.8, 4) is 0 Å². The van der Waals surface area contributed by atoms with Crippen LogP contribution in [0.3, 0.4) is 0 Å². The minimum Gasteiger partial charge on any atom is -0.354 e. The van der Waals surface area contributed by atoms with Crippen molar-refractivity contribution in [2.24, 2.45) is 0 Å². The summed E-state index contributed by atoms with van der Waals surface area (Å²) >= 11 is 7.21. The van der Waals surface area contributed by atoms with Gasteiger partial charge in [0.1, 0.15) is 6.04 Å². The topological polar surface area (TPSA) is 58.2 Å². The first-order chi connectivity index (χ1) is 9.15. The molecule has 6 heteroatoms. The fourth-order valence-electron chi connectivity index (χ4n) is 1.83. The molecule has 2 rings (SSSR count). The second kappa shape index (κ2) is 6.82. The molecule has 1 aliphatic heterocycles. The van der Waals surface area contributed by atoms with E-state index in [4.69, 9.17) is 11.6 Å². The highest BCUT2D eigenvalue weighted by molar-refractivity contribution is 8.00.